The Bertz CT molecular complexity index is 967. The highest BCUT2D eigenvalue weighted by Gasteiger charge is 2.26. The lowest BCUT2D eigenvalue weighted by Gasteiger charge is -2.36. The minimum Gasteiger partial charge on any atom is -0.444 e. The van der Waals surface area contributed by atoms with Gasteiger partial charge in [-0.05, 0) is 45.0 Å². The zero-order valence-electron chi connectivity index (χ0n) is 17.4. The summed E-state index contributed by atoms with van der Waals surface area (Å²) in [6.07, 6.45) is 4.82. The van der Waals surface area contributed by atoms with E-state index in [4.69, 9.17) is 9.15 Å². The molecule has 1 aromatic carbocycles. The van der Waals surface area contributed by atoms with Crippen molar-refractivity contribution in [2.75, 3.05) is 36.4 Å². The highest BCUT2D eigenvalue weighted by Crippen LogP contribution is 2.27. The number of nitrogens with zero attached hydrogens (tertiary/aromatic N) is 4. The van der Waals surface area contributed by atoms with E-state index in [1.165, 1.54) is 0 Å². The maximum absolute atomic E-state index is 12.2. The van der Waals surface area contributed by atoms with E-state index in [2.05, 4.69) is 37.5 Å². The number of hydrogen-bond acceptors (Lipinski definition) is 7. The lowest BCUT2D eigenvalue weighted by Crippen LogP contribution is -2.50. The van der Waals surface area contributed by atoms with Gasteiger partial charge in [0.2, 0.25) is 0 Å². The molecule has 0 radical (unpaired) electrons. The molecule has 158 valence electrons. The molecular formula is C21H26N6O3. The first-order valence-electron chi connectivity index (χ1n) is 9.92. The van der Waals surface area contributed by atoms with Crippen LogP contribution in [0, 0.1) is 0 Å². The number of carbonyl (C=O) groups excluding carboxylic acids is 1. The Labute approximate surface area is 175 Å². The SMILES string of the molecule is CC(C)(C)OC(=O)N1CCN(c2ccc(-c3cnc(Nc4cn[nH]c4)o3)cc2)CC1. The number of ether oxygens (including phenoxy) is 1. The summed E-state index contributed by atoms with van der Waals surface area (Å²) in [7, 11) is 0. The number of amides is 1. The van der Waals surface area contributed by atoms with Gasteiger partial charge in [0.15, 0.2) is 5.76 Å². The largest absolute Gasteiger partial charge is 0.444 e. The number of hydrogen-bond donors (Lipinski definition) is 2. The molecule has 0 bridgehead atoms. The van der Waals surface area contributed by atoms with Crippen molar-refractivity contribution in [1.82, 2.24) is 20.1 Å². The average Bonchev–Trinajstić information content (AvgIpc) is 3.40. The predicted octanol–water partition coefficient (Wildman–Crippen LogP) is 3.87. The van der Waals surface area contributed by atoms with Crippen molar-refractivity contribution in [1.29, 1.82) is 0 Å². The fraction of sp³-hybridized carbons (Fsp3) is 0.381. The zero-order chi connectivity index (χ0) is 21.1. The molecule has 0 saturated carbocycles. The Morgan fingerprint density at radius 3 is 2.50 bits per heavy atom. The Morgan fingerprint density at radius 1 is 1.13 bits per heavy atom. The van der Waals surface area contributed by atoms with Crippen LogP contribution in [0.4, 0.5) is 22.2 Å². The van der Waals surface area contributed by atoms with Crippen LogP contribution in [0.1, 0.15) is 20.8 Å². The van der Waals surface area contributed by atoms with E-state index in [1.54, 1.807) is 23.5 Å². The van der Waals surface area contributed by atoms with E-state index in [9.17, 15) is 4.79 Å². The normalized spacial score (nSPS) is 14.6. The molecule has 3 aromatic rings. The smallest absolute Gasteiger partial charge is 0.410 e. The third-order valence-electron chi connectivity index (χ3n) is 4.70. The van der Waals surface area contributed by atoms with E-state index >= 15 is 0 Å². The molecule has 1 amide bonds. The first kappa shape index (κ1) is 19.8. The number of H-pyrrole nitrogens is 1. The number of benzene rings is 1. The Hall–Kier alpha value is -3.49. The predicted molar refractivity (Wildman–Crippen MR) is 114 cm³/mol. The molecule has 9 nitrogen and oxygen atoms in total. The quantitative estimate of drug-likeness (QED) is 0.673. The van der Waals surface area contributed by atoms with E-state index < -0.39 is 5.60 Å². The third-order valence-corrected chi connectivity index (χ3v) is 4.70. The summed E-state index contributed by atoms with van der Waals surface area (Å²) in [6, 6.07) is 8.55. The van der Waals surface area contributed by atoms with Gasteiger partial charge in [0.05, 0.1) is 18.1 Å². The highest BCUT2D eigenvalue weighted by molar-refractivity contribution is 5.69. The first-order chi connectivity index (χ1) is 14.4. The zero-order valence-corrected chi connectivity index (χ0v) is 17.4. The second-order valence-corrected chi connectivity index (χ2v) is 8.14. The van der Waals surface area contributed by atoms with Gasteiger partial charge in [-0.1, -0.05) is 0 Å². The van der Waals surface area contributed by atoms with Gasteiger partial charge < -0.3 is 24.3 Å². The van der Waals surface area contributed by atoms with Crippen molar-refractivity contribution in [3.05, 3.63) is 42.9 Å². The molecule has 9 heteroatoms. The minimum absolute atomic E-state index is 0.248. The van der Waals surface area contributed by atoms with Gasteiger partial charge in [-0.2, -0.15) is 5.10 Å². The monoisotopic (exact) mass is 410 g/mol. The number of piperazine rings is 1. The summed E-state index contributed by atoms with van der Waals surface area (Å²) >= 11 is 0. The molecule has 1 aliphatic heterocycles. The lowest BCUT2D eigenvalue weighted by atomic mass is 10.1. The molecule has 1 fully saturated rings. The van der Waals surface area contributed by atoms with Gasteiger partial charge in [0, 0.05) is 43.6 Å². The summed E-state index contributed by atoms with van der Waals surface area (Å²) in [4.78, 5) is 20.5. The van der Waals surface area contributed by atoms with Crippen molar-refractivity contribution in [3.8, 4) is 11.3 Å². The Kier molecular flexibility index (Phi) is 5.35. The second kappa shape index (κ2) is 8.10. The van der Waals surface area contributed by atoms with Crippen molar-refractivity contribution in [3.63, 3.8) is 0 Å². The van der Waals surface area contributed by atoms with E-state index in [0.29, 0.717) is 24.9 Å². The van der Waals surface area contributed by atoms with Crippen molar-refractivity contribution in [2.24, 2.45) is 0 Å². The van der Waals surface area contributed by atoms with Crippen LogP contribution >= 0.6 is 0 Å². The fourth-order valence-corrected chi connectivity index (χ4v) is 3.22. The molecule has 0 aliphatic carbocycles. The van der Waals surface area contributed by atoms with Crippen LogP contribution in [0.25, 0.3) is 11.3 Å². The van der Waals surface area contributed by atoms with Crippen LogP contribution in [0.15, 0.2) is 47.3 Å². The van der Waals surface area contributed by atoms with Crippen LogP contribution in [0.2, 0.25) is 0 Å². The van der Waals surface area contributed by atoms with E-state index in [-0.39, 0.29) is 6.09 Å². The summed E-state index contributed by atoms with van der Waals surface area (Å²) in [5, 5.41) is 9.65. The highest BCUT2D eigenvalue weighted by atomic mass is 16.6. The topological polar surface area (TPSA) is 99.5 Å². The molecule has 2 aromatic heterocycles. The number of aromatic amines is 1. The van der Waals surface area contributed by atoms with Gasteiger partial charge >= 0.3 is 6.09 Å². The van der Waals surface area contributed by atoms with E-state index in [1.807, 2.05) is 32.9 Å². The number of oxazole rings is 1. The minimum atomic E-state index is -0.474. The fourth-order valence-electron chi connectivity index (χ4n) is 3.22. The Morgan fingerprint density at radius 2 is 1.87 bits per heavy atom. The van der Waals surface area contributed by atoms with Crippen LogP contribution in [0.5, 0.6) is 0 Å². The second-order valence-electron chi connectivity index (χ2n) is 8.14. The molecule has 30 heavy (non-hydrogen) atoms. The summed E-state index contributed by atoms with van der Waals surface area (Å²) in [5.74, 6) is 0.683. The van der Waals surface area contributed by atoms with Crippen molar-refractivity contribution >= 4 is 23.5 Å². The van der Waals surface area contributed by atoms with Crippen LogP contribution < -0.4 is 10.2 Å². The van der Waals surface area contributed by atoms with Gasteiger partial charge in [-0.3, -0.25) is 5.10 Å². The number of anilines is 3. The Balaban J connectivity index is 1.34. The maximum atomic E-state index is 12.2. The summed E-state index contributed by atoms with van der Waals surface area (Å²) in [5.41, 5.74) is 2.36. The summed E-state index contributed by atoms with van der Waals surface area (Å²) in [6.45, 7) is 8.46. The van der Waals surface area contributed by atoms with Gasteiger partial charge in [0.1, 0.15) is 5.60 Å². The molecule has 4 rings (SSSR count). The lowest BCUT2D eigenvalue weighted by molar-refractivity contribution is 0.0240. The summed E-state index contributed by atoms with van der Waals surface area (Å²) < 4.78 is 11.2. The number of aromatic nitrogens is 3. The molecule has 0 spiro atoms. The van der Waals surface area contributed by atoms with Crippen LogP contribution in [-0.4, -0.2) is 58.0 Å². The third kappa shape index (κ3) is 4.73. The van der Waals surface area contributed by atoms with Crippen molar-refractivity contribution in [2.45, 2.75) is 26.4 Å². The molecule has 3 heterocycles. The van der Waals surface area contributed by atoms with E-state index in [0.717, 1.165) is 30.0 Å². The standard InChI is InChI=1S/C21H26N6O3/c1-21(2,3)30-20(28)27-10-8-26(9-11-27)17-6-4-15(5-7-17)18-14-22-19(29-18)25-16-12-23-24-13-16/h4-7,12-14H,8-11H2,1-3H3,(H,22,25)(H,23,24). The number of rotatable bonds is 4. The molecule has 0 atom stereocenters. The average molecular weight is 410 g/mol. The van der Waals surface area contributed by atoms with Crippen LogP contribution in [0.3, 0.4) is 0 Å². The maximum Gasteiger partial charge on any atom is 0.410 e. The van der Waals surface area contributed by atoms with Gasteiger partial charge in [-0.25, -0.2) is 9.78 Å². The first-order valence-corrected chi connectivity index (χ1v) is 9.92. The molecule has 2 N–H and O–H groups in total. The van der Waals surface area contributed by atoms with Gasteiger partial charge in [0.25, 0.3) is 6.01 Å². The number of nitrogens with one attached hydrogen (secondary N) is 2. The van der Waals surface area contributed by atoms with Crippen molar-refractivity contribution < 1.29 is 13.9 Å². The molecule has 0 unspecified atom stereocenters. The molecular weight excluding hydrogens is 384 g/mol. The molecule has 1 aliphatic rings. The van der Waals surface area contributed by atoms with Crippen LogP contribution in [-0.2, 0) is 4.74 Å². The van der Waals surface area contributed by atoms with Gasteiger partial charge in [-0.15, -0.1) is 0 Å². The number of carbonyl (C=O) groups is 1. The molecule has 1 saturated heterocycles.